The fraction of sp³-hybridized carbons (Fsp3) is 0.938. The van der Waals surface area contributed by atoms with Crippen LogP contribution in [0.2, 0.25) is 0 Å². The highest BCUT2D eigenvalue weighted by molar-refractivity contribution is 5.76. The minimum absolute atomic E-state index is 0.248. The van der Waals surface area contributed by atoms with Crippen molar-refractivity contribution in [2.24, 2.45) is 0 Å². The van der Waals surface area contributed by atoms with Gasteiger partial charge >= 0.3 is 6.18 Å². The van der Waals surface area contributed by atoms with Gasteiger partial charge in [-0.05, 0) is 6.54 Å². The topological polar surface area (TPSA) is 50.9 Å². The van der Waals surface area contributed by atoms with Crippen molar-refractivity contribution in [3.63, 3.8) is 0 Å². The molecule has 0 radical (unpaired) electrons. The molecule has 146 valence electrons. The number of nitrogens with one attached hydrogen (secondary N) is 2. The van der Waals surface area contributed by atoms with Gasteiger partial charge in [0.25, 0.3) is 0 Å². The van der Waals surface area contributed by atoms with E-state index in [-0.39, 0.29) is 18.9 Å². The molecule has 0 saturated carbocycles. The third-order valence-corrected chi connectivity index (χ3v) is 5.03. The first kappa shape index (κ1) is 20.4. The molecule has 1 unspecified atom stereocenters. The number of likely N-dealkylation sites (N-methyl/N-ethyl adjacent to an activating group) is 1. The second-order valence-corrected chi connectivity index (χ2v) is 6.67. The zero-order chi connectivity index (χ0) is 18.3. The molecule has 2 rings (SSSR count). The molecular formula is C16H30F3N5O. The Morgan fingerprint density at radius 3 is 2.24 bits per heavy atom. The quantitative estimate of drug-likeness (QED) is 0.664. The molecule has 6 nitrogen and oxygen atoms in total. The van der Waals surface area contributed by atoms with Crippen LogP contribution in [0.5, 0.6) is 0 Å². The van der Waals surface area contributed by atoms with Gasteiger partial charge in [-0.15, -0.1) is 0 Å². The molecular weight excluding hydrogens is 335 g/mol. The number of nitrogens with zero attached hydrogens (tertiary/aromatic N) is 3. The number of halogens is 3. The molecule has 9 heteroatoms. The van der Waals surface area contributed by atoms with Crippen molar-refractivity contribution in [3.05, 3.63) is 0 Å². The number of alkyl halides is 3. The molecule has 0 spiro atoms. The lowest BCUT2D eigenvalue weighted by Gasteiger charge is -2.36. The molecule has 2 saturated heterocycles. The van der Waals surface area contributed by atoms with E-state index in [1.807, 2.05) is 0 Å². The maximum Gasteiger partial charge on any atom is 0.405 e. The molecule has 2 N–H and O–H groups in total. The summed E-state index contributed by atoms with van der Waals surface area (Å²) in [7, 11) is 0. The summed E-state index contributed by atoms with van der Waals surface area (Å²) in [5, 5.41) is 5.53. The van der Waals surface area contributed by atoms with Crippen LogP contribution in [0, 0.1) is 0 Å². The summed E-state index contributed by atoms with van der Waals surface area (Å²) in [5.74, 6) is -0.303. The van der Waals surface area contributed by atoms with Gasteiger partial charge < -0.3 is 20.4 Å². The molecule has 25 heavy (non-hydrogen) atoms. The van der Waals surface area contributed by atoms with Gasteiger partial charge in [-0.3, -0.25) is 9.69 Å². The van der Waals surface area contributed by atoms with E-state index in [4.69, 9.17) is 0 Å². The lowest BCUT2D eigenvalue weighted by atomic mass is 10.2. The van der Waals surface area contributed by atoms with E-state index in [1.54, 1.807) is 0 Å². The highest BCUT2D eigenvalue weighted by atomic mass is 19.4. The van der Waals surface area contributed by atoms with Crippen molar-refractivity contribution >= 4 is 5.91 Å². The SMILES string of the molecule is CCN1CCN(CCC(=O)NCC(N2CCNCC2)C(F)(F)F)CC1. The summed E-state index contributed by atoms with van der Waals surface area (Å²) in [6.45, 7) is 8.96. The first-order valence-corrected chi connectivity index (χ1v) is 9.13. The minimum atomic E-state index is -4.33. The lowest BCUT2D eigenvalue weighted by molar-refractivity contribution is -0.184. The Hall–Kier alpha value is -0.900. The number of carbonyl (C=O) groups is 1. The molecule has 0 bridgehead atoms. The monoisotopic (exact) mass is 365 g/mol. The Labute approximate surface area is 147 Å². The fourth-order valence-electron chi connectivity index (χ4n) is 3.33. The maximum absolute atomic E-state index is 13.3. The zero-order valence-electron chi connectivity index (χ0n) is 14.9. The Morgan fingerprint density at radius 2 is 1.68 bits per heavy atom. The number of rotatable bonds is 7. The van der Waals surface area contributed by atoms with Crippen LogP contribution in [0.15, 0.2) is 0 Å². The predicted molar refractivity (Wildman–Crippen MR) is 90.5 cm³/mol. The van der Waals surface area contributed by atoms with E-state index in [2.05, 4.69) is 27.4 Å². The maximum atomic E-state index is 13.3. The van der Waals surface area contributed by atoms with Crippen LogP contribution < -0.4 is 10.6 Å². The number of piperazine rings is 2. The molecule has 2 aliphatic rings. The highest BCUT2D eigenvalue weighted by Crippen LogP contribution is 2.24. The molecule has 1 amide bonds. The van der Waals surface area contributed by atoms with Crippen LogP contribution in [0.1, 0.15) is 13.3 Å². The van der Waals surface area contributed by atoms with Crippen molar-refractivity contribution in [1.82, 2.24) is 25.3 Å². The Balaban J connectivity index is 1.71. The lowest BCUT2D eigenvalue weighted by Crippen LogP contribution is -2.57. The van der Waals surface area contributed by atoms with E-state index in [0.29, 0.717) is 32.7 Å². The van der Waals surface area contributed by atoms with Gasteiger partial charge in [0.1, 0.15) is 6.04 Å². The summed E-state index contributed by atoms with van der Waals surface area (Å²) < 4.78 is 39.8. The minimum Gasteiger partial charge on any atom is -0.354 e. The van der Waals surface area contributed by atoms with Crippen LogP contribution in [0.3, 0.4) is 0 Å². The van der Waals surface area contributed by atoms with Gasteiger partial charge in [0, 0.05) is 71.9 Å². The van der Waals surface area contributed by atoms with Gasteiger partial charge in [-0.2, -0.15) is 13.2 Å². The Kier molecular flexibility index (Phi) is 7.92. The molecule has 1 atom stereocenters. The third kappa shape index (κ3) is 6.73. The first-order chi connectivity index (χ1) is 11.9. The van der Waals surface area contributed by atoms with Crippen molar-refractivity contribution in [3.8, 4) is 0 Å². The van der Waals surface area contributed by atoms with Gasteiger partial charge in [0.15, 0.2) is 0 Å². The second kappa shape index (κ2) is 9.70. The average Bonchev–Trinajstić information content (AvgIpc) is 2.60. The van der Waals surface area contributed by atoms with Crippen LogP contribution >= 0.6 is 0 Å². The van der Waals surface area contributed by atoms with Crippen LogP contribution in [0.4, 0.5) is 13.2 Å². The van der Waals surface area contributed by atoms with Crippen LogP contribution in [-0.2, 0) is 4.79 Å². The van der Waals surface area contributed by atoms with Crippen LogP contribution in [-0.4, -0.2) is 105 Å². The molecule has 2 fully saturated rings. The molecule has 0 aromatic heterocycles. The average molecular weight is 365 g/mol. The number of amides is 1. The number of hydrogen-bond acceptors (Lipinski definition) is 5. The summed E-state index contributed by atoms with van der Waals surface area (Å²) in [6, 6.07) is -1.60. The van der Waals surface area contributed by atoms with Gasteiger partial charge in [0.2, 0.25) is 5.91 Å². The van der Waals surface area contributed by atoms with E-state index in [1.165, 1.54) is 4.90 Å². The first-order valence-electron chi connectivity index (χ1n) is 9.13. The van der Waals surface area contributed by atoms with E-state index in [0.717, 1.165) is 32.7 Å². The highest BCUT2D eigenvalue weighted by Gasteiger charge is 2.43. The van der Waals surface area contributed by atoms with Crippen molar-refractivity contribution < 1.29 is 18.0 Å². The van der Waals surface area contributed by atoms with E-state index < -0.39 is 12.2 Å². The normalized spacial score (nSPS) is 22.7. The summed E-state index contributed by atoms with van der Waals surface area (Å²) in [4.78, 5) is 17.9. The second-order valence-electron chi connectivity index (χ2n) is 6.67. The largest absolute Gasteiger partial charge is 0.405 e. The van der Waals surface area contributed by atoms with Crippen molar-refractivity contribution in [1.29, 1.82) is 0 Å². The smallest absolute Gasteiger partial charge is 0.354 e. The van der Waals surface area contributed by atoms with E-state index in [9.17, 15) is 18.0 Å². The van der Waals surface area contributed by atoms with Crippen molar-refractivity contribution in [2.75, 3.05) is 72.0 Å². The molecule has 0 aromatic rings. The molecule has 0 aliphatic carbocycles. The summed E-state index contributed by atoms with van der Waals surface area (Å²) in [6.07, 6.45) is -4.08. The Bertz CT molecular complexity index is 407. The number of hydrogen-bond donors (Lipinski definition) is 2. The van der Waals surface area contributed by atoms with Gasteiger partial charge in [-0.25, -0.2) is 0 Å². The van der Waals surface area contributed by atoms with Gasteiger partial charge in [-0.1, -0.05) is 6.92 Å². The molecule has 2 aliphatic heterocycles. The predicted octanol–water partition coefficient (Wildman–Crippen LogP) is -0.0337. The molecule has 2 heterocycles. The summed E-state index contributed by atoms with van der Waals surface area (Å²) >= 11 is 0. The van der Waals surface area contributed by atoms with Gasteiger partial charge in [0.05, 0.1) is 0 Å². The van der Waals surface area contributed by atoms with Crippen LogP contribution in [0.25, 0.3) is 0 Å². The fourth-order valence-corrected chi connectivity index (χ4v) is 3.33. The standard InChI is InChI=1S/C16H30F3N5O/c1-2-22-9-11-23(12-10-22)6-3-15(25)21-13-14(16(17,18)19)24-7-4-20-5-8-24/h14,20H,2-13H2,1H3,(H,21,25). The van der Waals surface area contributed by atoms with Crippen molar-refractivity contribution in [2.45, 2.75) is 25.6 Å². The third-order valence-electron chi connectivity index (χ3n) is 5.03. The zero-order valence-corrected chi connectivity index (χ0v) is 14.9. The summed E-state index contributed by atoms with van der Waals surface area (Å²) in [5.41, 5.74) is 0. The molecule has 0 aromatic carbocycles. The Morgan fingerprint density at radius 1 is 1.08 bits per heavy atom. The van der Waals surface area contributed by atoms with E-state index >= 15 is 0 Å². The number of carbonyl (C=O) groups excluding carboxylic acids is 1.